The molecule has 0 amide bonds. The van der Waals surface area contributed by atoms with E-state index in [-0.39, 0.29) is 5.75 Å². The second-order valence-electron chi connectivity index (χ2n) is 3.85. The number of hydrogen-bond acceptors (Lipinski definition) is 3. The van der Waals surface area contributed by atoms with E-state index in [1.165, 1.54) is 0 Å². The first-order valence-corrected chi connectivity index (χ1v) is 6.93. The Balaban J connectivity index is 2.67. The van der Waals surface area contributed by atoms with Crippen LogP contribution in [0.4, 0.5) is 0 Å². The molecule has 0 aliphatic carbocycles. The molecule has 16 heavy (non-hydrogen) atoms. The van der Waals surface area contributed by atoms with Gasteiger partial charge in [0.2, 0.25) is 10.0 Å². The lowest BCUT2D eigenvalue weighted by Gasteiger charge is -2.20. The monoisotopic (exact) mass is 247 g/mol. The summed E-state index contributed by atoms with van der Waals surface area (Å²) in [5.74, 6) is -1.05. The molecule has 0 aromatic rings. The van der Waals surface area contributed by atoms with Crippen LogP contribution in [0.15, 0.2) is 12.7 Å². The summed E-state index contributed by atoms with van der Waals surface area (Å²) in [5, 5.41) is 8.90. The zero-order chi connectivity index (χ0) is 12.2. The quantitative estimate of drug-likeness (QED) is 0.557. The van der Waals surface area contributed by atoms with E-state index in [0.29, 0.717) is 32.2 Å². The Bertz CT molecular complexity index is 363. The molecular formula is C10H17NO4S. The minimum atomic E-state index is -3.42. The summed E-state index contributed by atoms with van der Waals surface area (Å²) in [6.07, 6.45) is 3.82. The molecule has 0 radical (unpaired) electrons. The van der Waals surface area contributed by atoms with Gasteiger partial charge in [-0.1, -0.05) is 6.08 Å². The van der Waals surface area contributed by atoms with Gasteiger partial charge in [-0.05, 0) is 25.7 Å². The second kappa shape index (κ2) is 5.45. The molecule has 92 valence electrons. The molecule has 5 nitrogen and oxygen atoms in total. The molecule has 1 rings (SSSR count). The molecule has 1 aliphatic rings. The summed E-state index contributed by atoms with van der Waals surface area (Å²) in [4.78, 5) is 10.9. The second-order valence-corrected chi connectivity index (χ2v) is 5.89. The highest BCUT2D eigenvalue weighted by molar-refractivity contribution is 7.89. The number of sulfonamides is 1. The molecule has 0 aromatic carbocycles. The van der Waals surface area contributed by atoms with Gasteiger partial charge in [-0.25, -0.2) is 8.42 Å². The summed E-state index contributed by atoms with van der Waals surface area (Å²) in [6.45, 7) is 3.85. The zero-order valence-corrected chi connectivity index (χ0v) is 9.95. The number of carboxylic acid groups (broad SMARTS) is 1. The number of unbranched alkanes of at least 4 members (excludes halogenated alkanes) is 1. The molecule has 6 heteroatoms. The normalized spacial score (nSPS) is 22.1. The van der Waals surface area contributed by atoms with Crippen LogP contribution in [0.2, 0.25) is 0 Å². The van der Waals surface area contributed by atoms with Crippen molar-refractivity contribution >= 4 is 16.0 Å². The molecule has 1 N–H and O–H groups in total. The third-order valence-corrected chi connectivity index (χ3v) is 4.61. The van der Waals surface area contributed by atoms with Crippen LogP contribution in [0.1, 0.15) is 25.7 Å². The third-order valence-electron chi connectivity index (χ3n) is 2.66. The van der Waals surface area contributed by atoms with Crippen LogP contribution < -0.4 is 0 Å². The predicted octanol–water partition coefficient (Wildman–Crippen LogP) is 0.831. The fourth-order valence-corrected chi connectivity index (χ4v) is 3.60. The molecule has 0 saturated carbocycles. The van der Waals surface area contributed by atoms with Crippen molar-refractivity contribution in [1.29, 1.82) is 0 Å². The summed E-state index contributed by atoms with van der Waals surface area (Å²) < 4.78 is 24.8. The van der Waals surface area contributed by atoms with E-state index in [4.69, 9.17) is 5.11 Å². The van der Waals surface area contributed by atoms with Gasteiger partial charge in [0.25, 0.3) is 0 Å². The molecule has 0 aromatic heterocycles. The van der Waals surface area contributed by atoms with Crippen molar-refractivity contribution in [3.63, 3.8) is 0 Å². The number of carboxylic acids is 1. The Labute approximate surface area is 95.8 Å². The average molecular weight is 247 g/mol. The maximum Gasteiger partial charge on any atom is 0.322 e. The topological polar surface area (TPSA) is 74.7 Å². The molecular weight excluding hydrogens is 230 g/mol. The molecule has 0 unspecified atom stereocenters. The Hall–Kier alpha value is -0.880. The van der Waals surface area contributed by atoms with Gasteiger partial charge in [0, 0.05) is 6.54 Å². The van der Waals surface area contributed by atoms with Crippen LogP contribution in [0.25, 0.3) is 0 Å². The number of rotatable bonds is 6. The Kier molecular flexibility index (Phi) is 4.49. The van der Waals surface area contributed by atoms with Gasteiger partial charge in [0.05, 0.1) is 5.75 Å². The van der Waals surface area contributed by atoms with Crippen molar-refractivity contribution in [3.05, 3.63) is 12.7 Å². The van der Waals surface area contributed by atoms with E-state index in [1.807, 2.05) is 0 Å². The highest BCUT2D eigenvalue weighted by Crippen LogP contribution is 2.22. The molecule has 1 saturated heterocycles. The molecule has 0 bridgehead atoms. The number of hydrogen-bond donors (Lipinski definition) is 1. The van der Waals surface area contributed by atoms with Crippen molar-refractivity contribution < 1.29 is 18.3 Å². The summed E-state index contributed by atoms with van der Waals surface area (Å²) in [5.41, 5.74) is 0. The lowest BCUT2D eigenvalue weighted by Crippen LogP contribution is -2.41. The number of carbonyl (C=O) groups is 1. The van der Waals surface area contributed by atoms with Gasteiger partial charge in [0.15, 0.2) is 0 Å². The van der Waals surface area contributed by atoms with E-state index in [0.717, 1.165) is 4.31 Å². The first-order chi connectivity index (χ1) is 7.49. The fraction of sp³-hybridized carbons (Fsp3) is 0.700. The Morgan fingerprint density at radius 2 is 2.25 bits per heavy atom. The SMILES string of the molecule is C=CCCCS(=O)(=O)N1CCC[C@H]1C(=O)O. The van der Waals surface area contributed by atoms with E-state index in [1.54, 1.807) is 6.08 Å². The zero-order valence-electron chi connectivity index (χ0n) is 9.13. The number of nitrogens with zero attached hydrogens (tertiary/aromatic N) is 1. The third kappa shape index (κ3) is 3.05. The van der Waals surface area contributed by atoms with E-state index in [2.05, 4.69) is 6.58 Å². The van der Waals surface area contributed by atoms with Crippen LogP contribution >= 0.6 is 0 Å². The van der Waals surface area contributed by atoms with Gasteiger partial charge in [-0.3, -0.25) is 4.79 Å². The van der Waals surface area contributed by atoms with Crippen molar-refractivity contribution in [3.8, 4) is 0 Å². The first-order valence-electron chi connectivity index (χ1n) is 5.32. The van der Waals surface area contributed by atoms with Crippen LogP contribution in [0.5, 0.6) is 0 Å². The first kappa shape index (κ1) is 13.2. The van der Waals surface area contributed by atoms with E-state index >= 15 is 0 Å². The number of allylic oxidation sites excluding steroid dienone is 1. The maximum absolute atomic E-state index is 11.9. The lowest BCUT2D eigenvalue weighted by molar-refractivity contribution is -0.140. The van der Waals surface area contributed by atoms with Crippen molar-refractivity contribution in [1.82, 2.24) is 4.31 Å². The standard InChI is InChI=1S/C10H17NO4S/c1-2-3-4-8-16(14,15)11-7-5-6-9(11)10(12)13/h2,9H,1,3-8H2,(H,12,13)/t9-/m0/s1. The Morgan fingerprint density at radius 1 is 1.56 bits per heavy atom. The van der Waals surface area contributed by atoms with E-state index < -0.39 is 22.0 Å². The van der Waals surface area contributed by atoms with Gasteiger partial charge < -0.3 is 5.11 Å². The lowest BCUT2D eigenvalue weighted by atomic mass is 10.2. The highest BCUT2D eigenvalue weighted by Gasteiger charge is 2.37. The van der Waals surface area contributed by atoms with Crippen molar-refractivity contribution in [2.45, 2.75) is 31.7 Å². The smallest absolute Gasteiger partial charge is 0.322 e. The largest absolute Gasteiger partial charge is 0.480 e. The van der Waals surface area contributed by atoms with Gasteiger partial charge in [0.1, 0.15) is 6.04 Å². The molecule has 1 aliphatic heterocycles. The molecule has 1 fully saturated rings. The van der Waals surface area contributed by atoms with E-state index in [9.17, 15) is 13.2 Å². The maximum atomic E-state index is 11.9. The van der Waals surface area contributed by atoms with Gasteiger partial charge in [-0.15, -0.1) is 6.58 Å². The summed E-state index contributed by atoms with van der Waals surface area (Å²) in [7, 11) is -3.42. The average Bonchev–Trinajstić information content (AvgIpc) is 2.66. The van der Waals surface area contributed by atoms with Crippen LogP contribution in [-0.4, -0.2) is 42.1 Å². The summed E-state index contributed by atoms with van der Waals surface area (Å²) >= 11 is 0. The number of aliphatic carboxylic acids is 1. The van der Waals surface area contributed by atoms with Crippen LogP contribution in [0, 0.1) is 0 Å². The molecule has 1 atom stereocenters. The minimum absolute atomic E-state index is 0.00278. The predicted molar refractivity (Wildman–Crippen MR) is 60.6 cm³/mol. The van der Waals surface area contributed by atoms with Crippen molar-refractivity contribution in [2.75, 3.05) is 12.3 Å². The Morgan fingerprint density at radius 3 is 2.81 bits per heavy atom. The highest BCUT2D eigenvalue weighted by atomic mass is 32.2. The molecule has 1 heterocycles. The van der Waals surface area contributed by atoms with Gasteiger partial charge >= 0.3 is 5.97 Å². The van der Waals surface area contributed by atoms with Gasteiger partial charge in [-0.2, -0.15) is 4.31 Å². The minimum Gasteiger partial charge on any atom is -0.480 e. The fourth-order valence-electron chi connectivity index (χ4n) is 1.85. The van der Waals surface area contributed by atoms with Crippen LogP contribution in [0.3, 0.4) is 0 Å². The summed E-state index contributed by atoms with van der Waals surface area (Å²) in [6, 6.07) is -0.867. The van der Waals surface area contributed by atoms with Crippen molar-refractivity contribution in [2.24, 2.45) is 0 Å². The van der Waals surface area contributed by atoms with Crippen LogP contribution in [-0.2, 0) is 14.8 Å². The molecule has 0 spiro atoms.